The number of amides is 1. The summed E-state index contributed by atoms with van der Waals surface area (Å²) in [5.41, 5.74) is 0.897. The van der Waals surface area contributed by atoms with E-state index in [0.29, 0.717) is 31.0 Å². The van der Waals surface area contributed by atoms with Gasteiger partial charge >= 0.3 is 5.97 Å². The molecule has 1 saturated carbocycles. The molecule has 0 aliphatic heterocycles. The first-order chi connectivity index (χ1) is 12.6. The van der Waals surface area contributed by atoms with Crippen LogP contribution in [-0.4, -0.2) is 33.2 Å². The average Bonchev–Trinajstić information content (AvgIpc) is 3.26. The summed E-state index contributed by atoms with van der Waals surface area (Å²) in [5, 5.41) is 20.2. The van der Waals surface area contributed by atoms with E-state index in [0.717, 1.165) is 31.2 Å². The highest BCUT2D eigenvalue weighted by Gasteiger charge is 2.29. The SMILES string of the molecule is O=C(CCc1nc(-c2ccsc2)no1)NC1CCCCCCC1C(=O)O. The second-order valence-electron chi connectivity index (χ2n) is 6.63. The van der Waals surface area contributed by atoms with Gasteiger partial charge in [-0.2, -0.15) is 16.3 Å². The van der Waals surface area contributed by atoms with Gasteiger partial charge in [-0.15, -0.1) is 0 Å². The molecule has 0 radical (unpaired) electrons. The first kappa shape index (κ1) is 18.6. The zero-order valence-electron chi connectivity index (χ0n) is 14.5. The maximum atomic E-state index is 12.3. The zero-order valence-corrected chi connectivity index (χ0v) is 15.3. The highest BCUT2D eigenvalue weighted by Crippen LogP contribution is 2.23. The summed E-state index contributed by atoms with van der Waals surface area (Å²) in [6.45, 7) is 0. The van der Waals surface area contributed by atoms with Crippen LogP contribution >= 0.6 is 11.3 Å². The number of hydrogen-bond acceptors (Lipinski definition) is 6. The van der Waals surface area contributed by atoms with Crippen LogP contribution in [0.25, 0.3) is 11.4 Å². The van der Waals surface area contributed by atoms with Gasteiger partial charge in [0, 0.05) is 29.8 Å². The van der Waals surface area contributed by atoms with E-state index >= 15 is 0 Å². The summed E-state index contributed by atoms with van der Waals surface area (Å²) < 4.78 is 5.19. The fourth-order valence-electron chi connectivity index (χ4n) is 3.32. The van der Waals surface area contributed by atoms with Crippen molar-refractivity contribution in [1.82, 2.24) is 15.5 Å². The van der Waals surface area contributed by atoms with Crippen LogP contribution in [0.2, 0.25) is 0 Å². The number of aromatic nitrogens is 2. The molecule has 8 heteroatoms. The van der Waals surface area contributed by atoms with Gasteiger partial charge in [-0.05, 0) is 24.3 Å². The fraction of sp³-hybridized carbons (Fsp3) is 0.556. The lowest BCUT2D eigenvalue weighted by molar-refractivity contribution is -0.143. The average molecular weight is 377 g/mol. The van der Waals surface area contributed by atoms with E-state index in [4.69, 9.17) is 4.52 Å². The van der Waals surface area contributed by atoms with Gasteiger partial charge < -0.3 is 14.9 Å². The van der Waals surface area contributed by atoms with Crippen LogP contribution in [0.3, 0.4) is 0 Å². The molecule has 2 aromatic heterocycles. The molecule has 0 spiro atoms. The minimum atomic E-state index is -0.825. The van der Waals surface area contributed by atoms with Crippen LogP contribution in [0.1, 0.15) is 50.8 Å². The Kier molecular flexibility index (Phi) is 6.38. The summed E-state index contributed by atoms with van der Waals surface area (Å²) in [4.78, 5) is 28.1. The molecule has 1 aliphatic rings. The summed E-state index contributed by atoms with van der Waals surface area (Å²) in [6.07, 6.45) is 5.88. The van der Waals surface area contributed by atoms with Gasteiger partial charge in [0.15, 0.2) is 0 Å². The van der Waals surface area contributed by atoms with Gasteiger partial charge in [0.1, 0.15) is 0 Å². The predicted molar refractivity (Wildman–Crippen MR) is 96.7 cm³/mol. The van der Waals surface area contributed by atoms with Gasteiger partial charge in [-0.1, -0.05) is 30.8 Å². The van der Waals surface area contributed by atoms with Crippen molar-refractivity contribution in [2.75, 3.05) is 0 Å². The van der Waals surface area contributed by atoms with Crippen molar-refractivity contribution in [3.05, 3.63) is 22.7 Å². The molecular formula is C18H23N3O4S. The normalized spacial score (nSPS) is 20.9. The second-order valence-corrected chi connectivity index (χ2v) is 7.41. The Labute approximate surface area is 155 Å². The molecule has 0 saturated heterocycles. The van der Waals surface area contributed by atoms with E-state index in [1.807, 2.05) is 16.8 Å². The van der Waals surface area contributed by atoms with Gasteiger partial charge in [-0.3, -0.25) is 9.59 Å². The van der Waals surface area contributed by atoms with Crippen LogP contribution < -0.4 is 5.32 Å². The lowest BCUT2D eigenvalue weighted by Crippen LogP contribution is -2.44. The standard InChI is InChI=1S/C18H23N3O4S/c22-15(19-14-6-4-2-1-3-5-13(14)18(23)24)7-8-16-20-17(21-25-16)12-9-10-26-11-12/h9-11,13-14H,1-8H2,(H,19,22)(H,23,24). The molecule has 1 aliphatic carbocycles. The molecule has 2 atom stereocenters. The van der Waals surface area contributed by atoms with Gasteiger partial charge in [-0.25, -0.2) is 0 Å². The van der Waals surface area contributed by atoms with Crippen molar-refractivity contribution < 1.29 is 19.2 Å². The Hall–Kier alpha value is -2.22. The molecule has 2 N–H and O–H groups in total. The van der Waals surface area contributed by atoms with Crippen molar-refractivity contribution in [1.29, 1.82) is 0 Å². The molecular weight excluding hydrogens is 354 g/mol. The molecule has 140 valence electrons. The number of carboxylic acids is 1. The Balaban J connectivity index is 1.53. The predicted octanol–water partition coefficient (Wildman–Crippen LogP) is 3.27. The molecule has 2 aromatic rings. The molecule has 1 fully saturated rings. The monoisotopic (exact) mass is 377 g/mol. The number of nitrogens with one attached hydrogen (secondary N) is 1. The number of carbonyl (C=O) groups excluding carboxylic acids is 1. The highest BCUT2D eigenvalue weighted by atomic mass is 32.1. The number of nitrogens with zero attached hydrogens (tertiary/aromatic N) is 2. The van der Waals surface area contributed by atoms with E-state index in [1.165, 1.54) is 0 Å². The highest BCUT2D eigenvalue weighted by molar-refractivity contribution is 7.08. The van der Waals surface area contributed by atoms with E-state index in [9.17, 15) is 14.7 Å². The quantitative estimate of drug-likeness (QED) is 0.800. The van der Waals surface area contributed by atoms with Crippen LogP contribution in [0.4, 0.5) is 0 Å². The summed E-state index contributed by atoms with van der Waals surface area (Å²) in [6, 6.07) is 1.61. The van der Waals surface area contributed by atoms with Crippen molar-refractivity contribution in [3.63, 3.8) is 0 Å². The Morgan fingerprint density at radius 1 is 1.27 bits per heavy atom. The van der Waals surface area contributed by atoms with Crippen molar-refractivity contribution in [2.45, 2.75) is 57.4 Å². The Bertz CT molecular complexity index is 729. The number of aryl methyl sites for hydroxylation is 1. The van der Waals surface area contributed by atoms with E-state index < -0.39 is 11.9 Å². The van der Waals surface area contributed by atoms with Crippen molar-refractivity contribution >= 4 is 23.2 Å². The molecule has 2 heterocycles. The number of hydrogen-bond donors (Lipinski definition) is 2. The third-order valence-corrected chi connectivity index (χ3v) is 5.43. The molecule has 1 amide bonds. The maximum Gasteiger partial charge on any atom is 0.308 e. The first-order valence-electron chi connectivity index (χ1n) is 9.01. The maximum absolute atomic E-state index is 12.3. The molecule has 3 rings (SSSR count). The minimum Gasteiger partial charge on any atom is -0.481 e. The van der Waals surface area contributed by atoms with Crippen LogP contribution in [0.15, 0.2) is 21.3 Å². The molecule has 0 bridgehead atoms. The lowest BCUT2D eigenvalue weighted by atomic mass is 9.86. The smallest absolute Gasteiger partial charge is 0.308 e. The van der Waals surface area contributed by atoms with Crippen LogP contribution in [0.5, 0.6) is 0 Å². The van der Waals surface area contributed by atoms with Gasteiger partial charge in [0.2, 0.25) is 17.6 Å². The second kappa shape index (κ2) is 8.93. The Morgan fingerprint density at radius 3 is 2.81 bits per heavy atom. The summed E-state index contributed by atoms with van der Waals surface area (Å²) in [7, 11) is 0. The lowest BCUT2D eigenvalue weighted by Gasteiger charge is -2.27. The fourth-order valence-corrected chi connectivity index (χ4v) is 3.95. The molecule has 2 unspecified atom stereocenters. The van der Waals surface area contributed by atoms with Crippen LogP contribution in [0, 0.1) is 5.92 Å². The van der Waals surface area contributed by atoms with E-state index in [1.54, 1.807) is 11.3 Å². The Morgan fingerprint density at radius 2 is 2.08 bits per heavy atom. The topological polar surface area (TPSA) is 105 Å². The van der Waals surface area contributed by atoms with Crippen molar-refractivity contribution in [3.8, 4) is 11.4 Å². The largest absolute Gasteiger partial charge is 0.481 e. The van der Waals surface area contributed by atoms with Crippen molar-refractivity contribution in [2.24, 2.45) is 5.92 Å². The number of rotatable bonds is 6. The minimum absolute atomic E-state index is 0.169. The number of carboxylic acid groups (broad SMARTS) is 1. The van der Waals surface area contributed by atoms with Crippen LogP contribution in [-0.2, 0) is 16.0 Å². The third-order valence-electron chi connectivity index (χ3n) is 4.74. The van der Waals surface area contributed by atoms with Gasteiger partial charge in [0.05, 0.1) is 5.92 Å². The summed E-state index contributed by atoms with van der Waals surface area (Å²) in [5.74, 6) is -0.569. The van der Waals surface area contributed by atoms with Gasteiger partial charge in [0.25, 0.3) is 0 Å². The molecule has 0 aromatic carbocycles. The number of aliphatic carboxylic acids is 1. The van der Waals surface area contributed by atoms with E-state index in [2.05, 4.69) is 15.5 Å². The molecule has 7 nitrogen and oxygen atoms in total. The van der Waals surface area contributed by atoms with E-state index in [-0.39, 0.29) is 18.4 Å². The number of carbonyl (C=O) groups is 2. The zero-order chi connectivity index (χ0) is 18.4. The third kappa shape index (κ3) is 4.91. The molecule has 26 heavy (non-hydrogen) atoms. The first-order valence-corrected chi connectivity index (χ1v) is 9.95. The number of thiophene rings is 1. The summed E-state index contributed by atoms with van der Waals surface area (Å²) >= 11 is 1.55.